The zero-order chi connectivity index (χ0) is 13.7. The van der Waals surface area contributed by atoms with Gasteiger partial charge in [0.1, 0.15) is 6.04 Å². The Morgan fingerprint density at radius 1 is 1.58 bits per heavy atom. The number of rotatable bonds is 4. The molecule has 2 N–H and O–H groups in total. The van der Waals surface area contributed by atoms with Crippen molar-refractivity contribution in [3.63, 3.8) is 0 Å². The highest BCUT2D eigenvalue weighted by molar-refractivity contribution is 5.95. The van der Waals surface area contributed by atoms with Gasteiger partial charge in [-0.2, -0.15) is 0 Å². The summed E-state index contributed by atoms with van der Waals surface area (Å²) in [5.74, 6) is -0.0678. The predicted octanol–water partition coefficient (Wildman–Crippen LogP) is 1.15. The van der Waals surface area contributed by atoms with E-state index in [0.717, 1.165) is 11.3 Å². The first-order valence-electron chi connectivity index (χ1n) is 6.44. The molecule has 2 rings (SSSR count). The second-order valence-electron chi connectivity index (χ2n) is 4.63. The van der Waals surface area contributed by atoms with Crippen molar-refractivity contribution in [1.29, 1.82) is 0 Å². The maximum atomic E-state index is 12.2. The van der Waals surface area contributed by atoms with Crippen molar-refractivity contribution in [2.24, 2.45) is 0 Å². The van der Waals surface area contributed by atoms with E-state index >= 15 is 0 Å². The molecule has 5 nitrogen and oxygen atoms in total. The highest BCUT2D eigenvalue weighted by atomic mass is 16.5. The first-order valence-corrected chi connectivity index (χ1v) is 6.44. The van der Waals surface area contributed by atoms with E-state index in [4.69, 9.17) is 9.47 Å². The van der Waals surface area contributed by atoms with E-state index in [2.05, 4.69) is 10.6 Å². The highest BCUT2D eigenvalue weighted by Gasteiger charge is 2.28. The Morgan fingerprint density at radius 2 is 2.42 bits per heavy atom. The second-order valence-corrected chi connectivity index (χ2v) is 4.63. The van der Waals surface area contributed by atoms with Crippen molar-refractivity contribution in [1.82, 2.24) is 5.32 Å². The van der Waals surface area contributed by atoms with Crippen LogP contribution in [0.15, 0.2) is 24.3 Å². The summed E-state index contributed by atoms with van der Waals surface area (Å²) in [6, 6.07) is 7.34. The summed E-state index contributed by atoms with van der Waals surface area (Å²) in [5.41, 5.74) is 1.81. The molecular weight excluding hydrogens is 244 g/mol. The molecular formula is C14H20N2O3. The maximum Gasteiger partial charge on any atom is 0.244 e. The molecule has 0 radical (unpaired) electrons. The summed E-state index contributed by atoms with van der Waals surface area (Å²) in [4.78, 5) is 12.2. The van der Waals surface area contributed by atoms with E-state index in [1.165, 1.54) is 0 Å². The summed E-state index contributed by atoms with van der Waals surface area (Å²) in [5, 5.41) is 6.07. The largest absolute Gasteiger partial charge is 0.380 e. The molecule has 1 aliphatic heterocycles. The molecule has 0 aliphatic carbocycles. The van der Waals surface area contributed by atoms with Crippen LogP contribution in [0.5, 0.6) is 0 Å². The number of hydrogen-bond donors (Lipinski definition) is 2. The maximum absolute atomic E-state index is 12.2. The van der Waals surface area contributed by atoms with Crippen LogP contribution in [-0.4, -0.2) is 38.3 Å². The Balaban J connectivity index is 1.99. The van der Waals surface area contributed by atoms with E-state index in [1.54, 1.807) is 7.11 Å². The zero-order valence-electron chi connectivity index (χ0n) is 11.3. The van der Waals surface area contributed by atoms with Crippen molar-refractivity contribution in [3.05, 3.63) is 29.8 Å². The fourth-order valence-corrected chi connectivity index (χ4v) is 2.15. The van der Waals surface area contributed by atoms with E-state index in [-0.39, 0.29) is 18.1 Å². The molecule has 1 aromatic rings. The van der Waals surface area contributed by atoms with Crippen LogP contribution in [-0.2, 0) is 20.9 Å². The van der Waals surface area contributed by atoms with Gasteiger partial charge in [0.2, 0.25) is 5.91 Å². The molecule has 0 unspecified atom stereocenters. The lowest BCUT2D eigenvalue weighted by molar-refractivity contribution is -0.123. The third-order valence-electron chi connectivity index (χ3n) is 3.10. The number of benzene rings is 1. The highest BCUT2D eigenvalue weighted by Crippen LogP contribution is 2.13. The molecule has 1 heterocycles. The summed E-state index contributed by atoms with van der Waals surface area (Å²) >= 11 is 0. The monoisotopic (exact) mass is 264 g/mol. The minimum absolute atomic E-state index is 0.0678. The molecule has 0 saturated carbocycles. The van der Waals surface area contributed by atoms with Crippen molar-refractivity contribution < 1.29 is 14.3 Å². The Kier molecular flexibility index (Phi) is 4.90. The summed E-state index contributed by atoms with van der Waals surface area (Å²) in [6.45, 7) is 3.78. The molecule has 104 valence electrons. The fourth-order valence-electron chi connectivity index (χ4n) is 2.15. The molecule has 0 spiro atoms. The molecule has 1 aromatic carbocycles. The van der Waals surface area contributed by atoms with Crippen LogP contribution in [0.4, 0.5) is 5.69 Å². The van der Waals surface area contributed by atoms with Gasteiger partial charge >= 0.3 is 0 Å². The lowest BCUT2D eigenvalue weighted by Crippen LogP contribution is -2.53. The van der Waals surface area contributed by atoms with Gasteiger partial charge in [0.25, 0.3) is 0 Å². The number of ether oxygens (including phenoxy) is 2. The van der Waals surface area contributed by atoms with Crippen LogP contribution < -0.4 is 10.6 Å². The quantitative estimate of drug-likeness (QED) is 0.856. The Morgan fingerprint density at radius 3 is 3.16 bits per heavy atom. The van der Waals surface area contributed by atoms with Gasteiger partial charge in [0, 0.05) is 19.3 Å². The molecule has 1 amide bonds. The summed E-state index contributed by atoms with van der Waals surface area (Å²) in [6.07, 6.45) is -0.115. The van der Waals surface area contributed by atoms with Gasteiger partial charge in [-0.3, -0.25) is 4.79 Å². The minimum atomic E-state index is -0.306. The van der Waals surface area contributed by atoms with E-state index in [0.29, 0.717) is 19.8 Å². The van der Waals surface area contributed by atoms with Gasteiger partial charge < -0.3 is 20.1 Å². The van der Waals surface area contributed by atoms with Gasteiger partial charge in [-0.05, 0) is 24.6 Å². The third kappa shape index (κ3) is 3.76. The van der Waals surface area contributed by atoms with Gasteiger partial charge in [0.15, 0.2) is 0 Å². The Labute approximate surface area is 113 Å². The normalized spacial score (nSPS) is 23.1. The molecule has 1 fully saturated rings. The summed E-state index contributed by atoms with van der Waals surface area (Å²) < 4.78 is 10.5. The fraction of sp³-hybridized carbons (Fsp3) is 0.500. The number of morpholine rings is 1. The van der Waals surface area contributed by atoms with Crippen LogP contribution in [0, 0.1) is 0 Å². The van der Waals surface area contributed by atoms with Crippen LogP contribution >= 0.6 is 0 Å². The van der Waals surface area contributed by atoms with Gasteiger partial charge in [-0.15, -0.1) is 0 Å². The predicted molar refractivity (Wildman–Crippen MR) is 73.0 cm³/mol. The number of carbonyl (C=O) groups is 1. The minimum Gasteiger partial charge on any atom is -0.380 e. The standard InChI is InChI=1S/C14H20N2O3/c1-10-13(15-6-7-19-10)14(17)16-12-5-3-4-11(8-12)9-18-2/h3-5,8,10,13,15H,6-7,9H2,1-2H3,(H,16,17)/t10-,13+/m1/s1. The number of amides is 1. The van der Waals surface area contributed by atoms with Gasteiger partial charge in [-0.1, -0.05) is 12.1 Å². The van der Waals surface area contributed by atoms with Crippen LogP contribution in [0.1, 0.15) is 12.5 Å². The number of anilines is 1. The molecule has 19 heavy (non-hydrogen) atoms. The van der Waals surface area contributed by atoms with Crippen molar-refractivity contribution >= 4 is 11.6 Å². The van der Waals surface area contributed by atoms with Gasteiger partial charge in [-0.25, -0.2) is 0 Å². The molecule has 1 aliphatic rings. The van der Waals surface area contributed by atoms with Crippen molar-refractivity contribution in [2.45, 2.75) is 25.7 Å². The number of carbonyl (C=O) groups excluding carboxylic acids is 1. The van der Waals surface area contributed by atoms with Crippen LogP contribution in [0.25, 0.3) is 0 Å². The molecule has 1 saturated heterocycles. The average molecular weight is 264 g/mol. The molecule has 0 aromatic heterocycles. The average Bonchev–Trinajstić information content (AvgIpc) is 2.40. The number of nitrogens with one attached hydrogen (secondary N) is 2. The van der Waals surface area contributed by atoms with E-state index < -0.39 is 0 Å². The second kappa shape index (κ2) is 6.65. The zero-order valence-corrected chi connectivity index (χ0v) is 11.3. The summed E-state index contributed by atoms with van der Waals surface area (Å²) in [7, 11) is 1.65. The van der Waals surface area contributed by atoms with Crippen LogP contribution in [0.2, 0.25) is 0 Å². The topological polar surface area (TPSA) is 59.6 Å². The third-order valence-corrected chi connectivity index (χ3v) is 3.10. The number of methoxy groups -OCH3 is 1. The Hall–Kier alpha value is -1.43. The lowest BCUT2D eigenvalue weighted by Gasteiger charge is -2.29. The van der Waals surface area contributed by atoms with Crippen LogP contribution in [0.3, 0.4) is 0 Å². The van der Waals surface area contributed by atoms with E-state index in [1.807, 2.05) is 31.2 Å². The lowest BCUT2D eigenvalue weighted by atomic mass is 10.1. The Bertz CT molecular complexity index is 436. The van der Waals surface area contributed by atoms with Crippen molar-refractivity contribution in [2.75, 3.05) is 25.6 Å². The smallest absolute Gasteiger partial charge is 0.244 e. The van der Waals surface area contributed by atoms with Crippen molar-refractivity contribution in [3.8, 4) is 0 Å². The first kappa shape index (κ1) is 14.0. The molecule has 5 heteroatoms. The molecule has 0 bridgehead atoms. The first-order chi connectivity index (χ1) is 9.20. The SMILES string of the molecule is COCc1cccc(NC(=O)[C@H]2NCCO[C@@H]2C)c1. The van der Waals surface area contributed by atoms with E-state index in [9.17, 15) is 4.79 Å². The molecule has 2 atom stereocenters. The number of hydrogen-bond acceptors (Lipinski definition) is 4. The van der Waals surface area contributed by atoms with Gasteiger partial charge in [0.05, 0.1) is 19.3 Å².